The number of nitrogens with one attached hydrogen (secondary N) is 1. The molecule has 0 amide bonds. The summed E-state index contributed by atoms with van der Waals surface area (Å²) in [6.07, 6.45) is 0.927. The summed E-state index contributed by atoms with van der Waals surface area (Å²) in [4.78, 5) is 0. The van der Waals surface area contributed by atoms with E-state index < -0.39 is 0 Å². The summed E-state index contributed by atoms with van der Waals surface area (Å²) in [5, 5.41) is 3.20. The van der Waals surface area contributed by atoms with Gasteiger partial charge in [0.1, 0.15) is 11.6 Å². The van der Waals surface area contributed by atoms with Crippen LogP contribution in [-0.4, -0.2) is 13.7 Å². The average Bonchev–Trinajstić information content (AvgIpc) is 2.91. The smallest absolute Gasteiger partial charge is 0.128 e. The molecule has 1 aliphatic rings. The predicted octanol–water partition coefficient (Wildman–Crippen LogP) is 3.38. The van der Waals surface area contributed by atoms with Gasteiger partial charge in [0.05, 0.1) is 12.6 Å². The SMILES string of the molecule is CNC(c1ccc(C)cc1F)c1cccc2c1OCC2. The molecule has 0 radical (unpaired) electrons. The molecule has 1 atom stereocenters. The Labute approximate surface area is 118 Å². The van der Waals surface area contributed by atoms with Gasteiger partial charge in [-0.05, 0) is 31.2 Å². The first kappa shape index (κ1) is 13.1. The van der Waals surface area contributed by atoms with Crippen molar-refractivity contribution in [1.82, 2.24) is 5.32 Å². The average molecular weight is 271 g/mol. The van der Waals surface area contributed by atoms with Crippen molar-refractivity contribution < 1.29 is 9.13 Å². The topological polar surface area (TPSA) is 21.3 Å². The third kappa shape index (κ3) is 2.18. The van der Waals surface area contributed by atoms with Crippen molar-refractivity contribution in [3.05, 3.63) is 64.5 Å². The molecule has 3 heteroatoms. The van der Waals surface area contributed by atoms with Crippen molar-refractivity contribution in [2.24, 2.45) is 0 Å². The number of fused-ring (bicyclic) bond motifs is 1. The van der Waals surface area contributed by atoms with Crippen molar-refractivity contribution in [3.63, 3.8) is 0 Å². The minimum atomic E-state index is -0.191. The fourth-order valence-corrected chi connectivity index (χ4v) is 2.81. The molecule has 0 bridgehead atoms. The Kier molecular flexibility index (Phi) is 3.45. The fraction of sp³-hybridized carbons (Fsp3) is 0.294. The Bertz CT molecular complexity index is 639. The van der Waals surface area contributed by atoms with Crippen molar-refractivity contribution >= 4 is 0 Å². The van der Waals surface area contributed by atoms with Crippen molar-refractivity contribution in [2.45, 2.75) is 19.4 Å². The van der Waals surface area contributed by atoms with Crippen LogP contribution in [0.3, 0.4) is 0 Å². The standard InChI is InChI=1S/C17H18FNO/c1-11-6-7-13(15(18)10-11)16(19-2)14-5-3-4-12-8-9-20-17(12)14/h3-7,10,16,19H,8-9H2,1-2H3. The van der Waals surface area contributed by atoms with Gasteiger partial charge in [0.25, 0.3) is 0 Å². The van der Waals surface area contributed by atoms with E-state index in [4.69, 9.17) is 4.74 Å². The molecule has 20 heavy (non-hydrogen) atoms. The van der Waals surface area contributed by atoms with Crippen LogP contribution in [0.25, 0.3) is 0 Å². The third-order valence-corrected chi connectivity index (χ3v) is 3.81. The van der Waals surface area contributed by atoms with E-state index in [0.717, 1.165) is 23.3 Å². The number of halogens is 1. The van der Waals surface area contributed by atoms with Crippen LogP contribution in [0.15, 0.2) is 36.4 Å². The molecule has 1 heterocycles. The van der Waals surface area contributed by atoms with Gasteiger partial charge in [0, 0.05) is 17.5 Å². The maximum atomic E-state index is 14.2. The van der Waals surface area contributed by atoms with Crippen LogP contribution >= 0.6 is 0 Å². The van der Waals surface area contributed by atoms with Gasteiger partial charge < -0.3 is 10.1 Å². The molecule has 0 saturated carbocycles. The van der Waals surface area contributed by atoms with Crippen LogP contribution in [0.1, 0.15) is 28.3 Å². The Hall–Kier alpha value is -1.87. The van der Waals surface area contributed by atoms with Gasteiger partial charge in [-0.2, -0.15) is 0 Å². The molecule has 104 valence electrons. The number of hydrogen-bond acceptors (Lipinski definition) is 2. The second-order valence-electron chi connectivity index (χ2n) is 5.18. The zero-order valence-electron chi connectivity index (χ0n) is 11.7. The van der Waals surface area contributed by atoms with E-state index in [-0.39, 0.29) is 11.9 Å². The highest BCUT2D eigenvalue weighted by Gasteiger charge is 2.24. The summed E-state index contributed by atoms with van der Waals surface area (Å²) in [6, 6.07) is 11.3. The van der Waals surface area contributed by atoms with E-state index in [1.54, 1.807) is 6.07 Å². The molecule has 2 nitrogen and oxygen atoms in total. The fourth-order valence-electron chi connectivity index (χ4n) is 2.81. The lowest BCUT2D eigenvalue weighted by Crippen LogP contribution is -2.19. The Morgan fingerprint density at radius 3 is 2.80 bits per heavy atom. The molecular formula is C17H18FNO. The van der Waals surface area contributed by atoms with E-state index in [1.807, 2.05) is 38.2 Å². The number of hydrogen-bond donors (Lipinski definition) is 1. The molecule has 2 aromatic carbocycles. The molecule has 1 N–H and O–H groups in total. The molecule has 1 unspecified atom stereocenters. The molecule has 1 aliphatic heterocycles. The normalized spacial score (nSPS) is 14.8. The zero-order chi connectivity index (χ0) is 14.1. The number of benzene rings is 2. The van der Waals surface area contributed by atoms with Crippen LogP contribution in [0.4, 0.5) is 4.39 Å². The largest absolute Gasteiger partial charge is 0.493 e. The highest BCUT2D eigenvalue weighted by molar-refractivity contribution is 5.49. The molecule has 3 rings (SSSR count). The summed E-state index contributed by atoms with van der Waals surface area (Å²) >= 11 is 0. The van der Waals surface area contributed by atoms with Gasteiger partial charge in [0.2, 0.25) is 0 Å². The van der Waals surface area contributed by atoms with Gasteiger partial charge >= 0.3 is 0 Å². The lowest BCUT2D eigenvalue weighted by atomic mass is 9.95. The van der Waals surface area contributed by atoms with Crippen molar-refractivity contribution in [3.8, 4) is 5.75 Å². The summed E-state index contributed by atoms with van der Waals surface area (Å²) in [5.74, 6) is 0.728. The first-order valence-electron chi connectivity index (χ1n) is 6.88. The Morgan fingerprint density at radius 2 is 2.05 bits per heavy atom. The quantitative estimate of drug-likeness (QED) is 0.924. The van der Waals surface area contributed by atoms with E-state index in [2.05, 4.69) is 11.4 Å². The first-order valence-corrected chi connectivity index (χ1v) is 6.88. The summed E-state index contributed by atoms with van der Waals surface area (Å²) in [5.41, 5.74) is 3.79. The lowest BCUT2D eigenvalue weighted by Gasteiger charge is -2.20. The summed E-state index contributed by atoms with van der Waals surface area (Å²) in [6.45, 7) is 2.60. The molecule has 0 aliphatic carbocycles. The van der Waals surface area contributed by atoms with E-state index >= 15 is 0 Å². The monoisotopic (exact) mass is 271 g/mol. The van der Waals surface area contributed by atoms with Crippen LogP contribution in [-0.2, 0) is 6.42 Å². The first-order chi connectivity index (χ1) is 9.70. The predicted molar refractivity (Wildman–Crippen MR) is 77.7 cm³/mol. The maximum absolute atomic E-state index is 14.2. The minimum absolute atomic E-state index is 0.181. The lowest BCUT2D eigenvalue weighted by molar-refractivity contribution is 0.350. The van der Waals surface area contributed by atoms with E-state index in [1.165, 1.54) is 5.56 Å². The van der Waals surface area contributed by atoms with Gasteiger partial charge in [-0.1, -0.05) is 30.3 Å². The Balaban J connectivity index is 2.09. The highest BCUT2D eigenvalue weighted by Crippen LogP contribution is 2.36. The van der Waals surface area contributed by atoms with Crippen LogP contribution in [0.5, 0.6) is 5.75 Å². The van der Waals surface area contributed by atoms with Gasteiger partial charge in [-0.25, -0.2) is 4.39 Å². The summed E-state index contributed by atoms with van der Waals surface area (Å²) < 4.78 is 20.0. The Morgan fingerprint density at radius 1 is 1.20 bits per heavy atom. The van der Waals surface area contributed by atoms with E-state index in [9.17, 15) is 4.39 Å². The van der Waals surface area contributed by atoms with Crippen LogP contribution in [0, 0.1) is 12.7 Å². The number of aryl methyl sites for hydroxylation is 1. The second-order valence-corrected chi connectivity index (χ2v) is 5.18. The van der Waals surface area contributed by atoms with Crippen molar-refractivity contribution in [1.29, 1.82) is 0 Å². The minimum Gasteiger partial charge on any atom is -0.493 e. The zero-order valence-corrected chi connectivity index (χ0v) is 11.7. The molecule has 0 spiro atoms. The number of para-hydroxylation sites is 1. The van der Waals surface area contributed by atoms with Gasteiger partial charge in [-0.15, -0.1) is 0 Å². The number of ether oxygens (including phenoxy) is 1. The molecule has 0 saturated heterocycles. The molecule has 0 fully saturated rings. The number of rotatable bonds is 3. The second kappa shape index (κ2) is 5.25. The third-order valence-electron chi connectivity index (χ3n) is 3.81. The van der Waals surface area contributed by atoms with Crippen molar-refractivity contribution in [2.75, 3.05) is 13.7 Å². The summed E-state index contributed by atoms with van der Waals surface area (Å²) in [7, 11) is 1.85. The van der Waals surface area contributed by atoms with Crippen LogP contribution in [0.2, 0.25) is 0 Å². The molecule has 0 aromatic heterocycles. The van der Waals surface area contributed by atoms with Crippen LogP contribution < -0.4 is 10.1 Å². The highest BCUT2D eigenvalue weighted by atomic mass is 19.1. The van der Waals surface area contributed by atoms with E-state index in [0.29, 0.717) is 12.2 Å². The molecule has 2 aromatic rings. The molecular weight excluding hydrogens is 253 g/mol. The van der Waals surface area contributed by atoms with Gasteiger partial charge in [-0.3, -0.25) is 0 Å². The van der Waals surface area contributed by atoms with Gasteiger partial charge in [0.15, 0.2) is 0 Å². The maximum Gasteiger partial charge on any atom is 0.128 e.